The van der Waals surface area contributed by atoms with E-state index >= 15 is 0 Å². The molecule has 1 aromatic carbocycles. The van der Waals surface area contributed by atoms with Gasteiger partial charge in [-0.3, -0.25) is 0 Å². The van der Waals surface area contributed by atoms with E-state index in [0.717, 1.165) is 41.8 Å². The van der Waals surface area contributed by atoms with Crippen LogP contribution in [0.25, 0.3) is 0 Å². The lowest BCUT2D eigenvalue weighted by Gasteiger charge is -2.11. The maximum Gasteiger partial charge on any atom is 0.191 e. The fourth-order valence-electron chi connectivity index (χ4n) is 2.29. The summed E-state index contributed by atoms with van der Waals surface area (Å²) in [5.41, 5.74) is 1.10. The number of benzene rings is 1. The van der Waals surface area contributed by atoms with E-state index in [0.29, 0.717) is 19.8 Å². The van der Waals surface area contributed by atoms with Crippen LogP contribution in [0.5, 0.6) is 5.75 Å². The van der Waals surface area contributed by atoms with Crippen LogP contribution < -0.4 is 15.4 Å². The van der Waals surface area contributed by atoms with E-state index in [2.05, 4.69) is 40.5 Å². The van der Waals surface area contributed by atoms with E-state index in [9.17, 15) is 0 Å². The first kappa shape index (κ1) is 20.2. The zero-order chi connectivity index (χ0) is 18.6. The van der Waals surface area contributed by atoms with Crippen molar-refractivity contribution in [2.75, 3.05) is 33.4 Å². The van der Waals surface area contributed by atoms with E-state index < -0.39 is 0 Å². The molecule has 2 N–H and O–H groups in total. The highest BCUT2D eigenvalue weighted by Crippen LogP contribution is 2.14. The Bertz CT molecular complexity index is 688. The number of guanidine groups is 1. The van der Waals surface area contributed by atoms with Crippen molar-refractivity contribution in [2.24, 2.45) is 4.99 Å². The third-order valence-electron chi connectivity index (χ3n) is 3.52. The molecule has 1 heterocycles. The Balaban J connectivity index is 1.86. The molecule has 1 aromatic heterocycles. The first-order valence-electron chi connectivity index (χ1n) is 8.85. The lowest BCUT2D eigenvalue weighted by atomic mass is 10.2. The number of methoxy groups -OCH3 is 1. The van der Waals surface area contributed by atoms with Gasteiger partial charge in [-0.1, -0.05) is 12.1 Å². The summed E-state index contributed by atoms with van der Waals surface area (Å²) < 4.78 is 10.7. The summed E-state index contributed by atoms with van der Waals surface area (Å²) in [6.45, 7) is 7.48. The number of rotatable bonds is 10. The predicted molar refractivity (Wildman–Crippen MR) is 107 cm³/mol. The number of ether oxygens (including phenoxy) is 2. The van der Waals surface area contributed by atoms with Crippen LogP contribution >= 0.6 is 11.3 Å². The Labute approximate surface area is 159 Å². The molecule has 2 rings (SSSR count). The quantitative estimate of drug-likeness (QED) is 0.379. The van der Waals surface area contributed by atoms with Gasteiger partial charge in [0.1, 0.15) is 12.4 Å². The summed E-state index contributed by atoms with van der Waals surface area (Å²) in [5.74, 6) is 1.65. The topological polar surface area (TPSA) is 67.8 Å². The molecule has 0 aliphatic rings. The molecular formula is C19H28N4O2S. The van der Waals surface area contributed by atoms with Gasteiger partial charge in [0.15, 0.2) is 5.96 Å². The highest BCUT2D eigenvalue weighted by atomic mass is 32.1. The van der Waals surface area contributed by atoms with Crippen molar-refractivity contribution in [3.05, 3.63) is 45.9 Å². The van der Waals surface area contributed by atoms with Crippen LogP contribution in [0.4, 0.5) is 0 Å². The van der Waals surface area contributed by atoms with Crippen molar-refractivity contribution >= 4 is 17.3 Å². The molecule has 0 atom stereocenters. The Kier molecular flexibility index (Phi) is 8.92. The summed E-state index contributed by atoms with van der Waals surface area (Å²) in [4.78, 5) is 10.3. The molecular weight excluding hydrogens is 348 g/mol. The van der Waals surface area contributed by atoms with Crippen LogP contribution in [0, 0.1) is 6.92 Å². The first-order chi connectivity index (χ1) is 12.7. The minimum Gasteiger partial charge on any atom is -0.491 e. The second-order valence-electron chi connectivity index (χ2n) is 5.73. The number of aliphatic imine (C=N–C) groups is 1. The average Bonchev–Trinajstić information content (AvgIpc) is 3.05. The molecule has 26 heavy (non-hydrogen) atoms. The monoisotopic (exact) mass is 376 g/mol. The lowest BCUT2D eigenvalue weighted by Crippen LogP contribution is -2.38. The molecule has 0 saturated carbocycles. The Morgan fingerprint density at radius 3 is 2.88 bits per heavy atom. The third kappa shape index (κ3) is 7.41. The van der Waals surface area contributed by atoms with E-state index in [1.807, 2.05) is 24.4 Å². The molecule has 0 amide bonds. The Hall–Kier alpha value is -2.12. The lowest BCUT2D eigenvalue weighted by molar-refractivity contribution is 0.146. The molecule has 6 nitrogen and oxygen atoms in total. The first-order valence-corrected chi connectivity index (χ1v) is 9.67. The van der Waals surface area contributed by atoms with E-state index in [-0.39, 0.29) is 0 Å². The molecule has 0 aliphatic heterocycles. The summed E-state index contributed by atoms with van der Waals surface area (Å²) in [6, 6.07) is 8.00. The Morgan fingerprint density at radius 2 is 2.15 bits per heavy atom. The summed E-state index contributed by atoms with van der Waals surface area (Å²) in [7, 11) is 1.67. The van der Waals surface area contributed by atoms with Crippen molar-refractivity contribution < 1.29 is 9.47 Å². The maximum atomic E-state index is 5.65. The summed E-state index contributed by atoms with van der Waals surface area (Å²) in [5, 5.41) is 7.78. The molecule has 0 radical (unpaired) electrons. The van der Waals surface area contributed by atoms with Crippen molar-refractivity contribution in [3.8, 4) is 5.75 Å². The molecule has 2 aromatic rings. The van der Waals surface area contributed by atoms with Gasteiger partial charge < -0.3 is 20.1 Å². The van der Waals surface area contributed by atoms with Crippen LogP contribution in [0.1, 0.15) is 22.4 Å². The molecule has 0 bridgehead atoms. The minimum absolute atomic E-state index is 0.545. The van der Waals surface area contributed by atoms with Gasteiger partial charge in [0.25, 0.3) is 0 Å². The maximum absolute atomic E-state index is 5.65. The number of hydrogen-bond acceptors (Lipinski definition) is 5. The van der Waals surface area contributed by atoms with Gasteiger partial charge in [-0.05, 0) is 31.5 Å². The smallest absolute Gasteiger partial charge is 0.191 e. The second-order valence-corrected chi connectivity index (χ2v) is 7.04. The summed E-state index contributed by atoms with van der Waals surface area (Å²) in [6.07, 6.45) is 2.81. The molecule has 0 unspecified atom stereocenters. The number of thiazole rings is 1. The van der Waals surface area contributed by atoms with Crippen LogP contribution in [0.2, 0.25) is 0 Å². The molecule has 0 spiro atoms. The van der Waals surface area contributed by atoms with Gasteiger partial charge in [0.2, 0.25) is 0 Å². The van der Waals surface area contributed by atoms with Crippen LogP contribution in [-0.4, -0.2) is 44.4 Å². The van der Waals surface area contributed by atoms with Crippen LogP contribution in [0.3, 0.4) is 0 Å². The zero-order valence-electron chi connectivity index (χ0n) is 15.7. The molecule has 142 valence electrons. The number of nitrogens with zero attached hydrogens (tertiary/aromatic N) is 2. The molecule has 7 heteroatoms. The number of hydrogen-bond donors (Lipinski definition) is 2. The zero-order valence-corrected chi connectivity index (χ0v) is 16.6. The van der Waals surface area contributed by atoms with Gasteiger partial charge in [0, 0.05) is 37.7 Å². The van der Waals surface area contributed by atoms with Gasteiger partial charge in [-0.2, -0.15) is 0 Å². The molecule has 0 aliphatic carbocycles. The predicted octanol–water partition coefficient (Wildman–Crippen LogP) is 2.77. The Morgan fingerprint density at radius 1 is 1.27 bits per heavy atom. The van der Waals surface area contributed by atoms with Gasteiger partial charge in [-0.15, -0.1) is 11.3 Å². The van der Waals surface area contributed by atoms with Crippen molar-refractivity contribution in [2.45, 2.75) is 26.8 Å². The van der Waals surface area contributed by atoms with Crippen LogP contribution in [0.15, 0.2) is 35.5 Å². The SMILES string of the molecule is CCNC(=NCc1cccc(OCCOC)c1)NCCc1ncc(C)s1. The fraction of sp³-hybridized carbons (Fsp3) is 0.474. The van der Waals surface area contributed by atoms with Gasteiger partial charge >= 0.3 is 0 Å². The van der Waals surface area contributed by atoms with Crippen molar-refractivity contribution in [3.63, 3.8) is 0 Å². The highest BCUT2D eigenvalue weighted by molar-refractivity contribution is 7.11. The number of aromatic nitrogens is 1. The average molecular weight is 377 g/mol. The highest BCUT2D eigenvalue weighted by Gasteiger charge is 2.02. The van der Waals surface area contributed by atoms with Gasteiger partial charge in [-0.25, -0.2) is 9.98 Å². The van der Waals surface area contributed by atoms with E-state index in [1.54, 1.807) is 18.4 Å². The van der Waals surface area contributed by atoms with Gasteiger partial charge in [0.05, 0.1) is 18.2 Å². The summed E-state index contributed by atoms with van der Waals surface area (Å²) >= 11 is 1.74. The van der Waals surface area contributed by atoms with Crippen molar-refractivity contribution in [1.29, 1.82) is 0 Å². The minimum atomic E-state index is 0.545. The standard InChI is InChI=1S/C19H28N4O2S/c1-4-20-19(21-9-8-18-22-13-15(2)26-18)23-14-16-6-5-7-17(12-16)25-11-10-24-3/h5-7,12-13H,4,8-11,14H2,1-3H3,(H2,20,21,23). The van der Waals surface area contributed by atoms with E-state index in [1.165, 1.54) is 4.88 Å². The fourth-order valence-corrected chi connectivity index (χ4v) is 3.08. The second kappa shape index (κ2) is 11.5. The molecule has 0 fully saturated rings. The van der Waals surface area contributed by atoms with Crippen molar-refractivity contribution in [1.82, 2.24) is 15.6 Å². The van der Waals surface area contributed by atoms with E-state index in [4.69, 9.17) is 9.47 Å². The normalized spacial score (nSPS) is 11.4. The largest absolute Gasteiger partial charge is 0.491 e. The third-order valence-corrected chi connectivity index (χ3v) is 4.49. The van der Waals surface area contributed by atoms with Crippen LogP contribution in [-0.2, 0) is 17.7 Å². The number of aryl methyl sites for hydroxylation is 1. The molecule has 0 saturated heterocycles. The number of nitrogens with one attached hydrogen (secondary N) is 2.